The van der Waals surface area contributed by atoms with Crippen molar-refractivity contribution in [1.82, 2.24) is 0 Å². The van der Waals surface area contributed by atoms with Gasteiger partial charge in [0.1, 0.15) is 30.5 Å². The van der Waals surface area contributed by atoms with E-state index in [1.807, 2.05) is 0 Å². The van der Waals surface area contributed by atoms with Crippen LogP contribution in [0.25, 0.3) is 0 Å². The lowest BCUT2D eigenvalue weighted by atomic mass is 9.99. The first kappa shape index (κ1) is 49.1. The van der Waals surface area contributed by atoms with E-state index in [0.29, 0.717) is 13.0 Å². The lowest BCUT2D eigenvalue weighted by Crippen LogP contribution is -2.60. The number of carbonyl (C=O) groups excluding carboxylic acids is 1. The quantitative estimate of drug-likeness (QED) is 0.0277. The minimum absolute atomic E-state index is 0.0422. The first-order chi connectivity index (χ1) is 25.1. The molecular formula is C39H76O12S. The summed E-state index contributed by atoms with van der Waals surface area (Å²) in [6.45, 7) is 3.96. The van der Waals surface area contributed by atoms with E-state index in [1.54, 1.807) is 0 Å². The monoisotopic (exact) mass is 769 g/mol. The SMILES string of the molecule is CCCCCCCCCCCCCCCCCCCCC(=O)OC(COCCCCCCCCC)COC1OC(CO)C(O)C(OS(=O)(=O)O)C1O. The summed E-state index contributed by atoms with van der Waals surface area (Å²) in [5.41, 5.74) is 0. The van der Waals surface area contributed by atoms with Crippen molar-refractivity contribution in [3.8, 4) is 0 Å². The topological polar surface area (TPSA) is 178 Å². The molecule has 0 radical (unpaired) electrons. The summed E-state index contributed by atoms with van der Waals surface area (Å²) in [5.74, 6) is -0.397. The van der Waals surface area contributed by atoms with Crippen molar-refractivity contribution in [3.63, 3.8) is 0 Å². The Bertz CT molecular complexity index is 936. The second-order valence-electron chi connectivity index (χ2n) is 14.6. The van der Waals surface area contributed by atoms with Crippen molar-refractivity contribution in [1.29, 1.82) is 0 Å². The van der Waals surface area contributed by atoms with Crippen molar-refractivity contribution in [2.24, 2.45) is 0 Å². The van der Waals surface area contributed by atoms with Crippen molar-refractivity contribution < 1.29 is 56.2 Å². The molecule has 1 aliphatic rings. The molecule has 0 aromatic carbocycles. The predicted molar refractivity (Wildman–Crippen MR) is 202 cm³/mol. The molecule has 0 saturated carbocycles. The van der Waals surface area contributed by atoms with Crippen LogP contribution in [0.1, 0.15) is 181 Å². The molecule has 310 valence electrons. The van der Waals surface area contributed by atoms with Gasteiger partial charge in [-0.1, -0.05) is 162 Å². The number of unbranched alkanes of at least 4 members (excludes halogenated alkanes) is 23. The molecular weight excluding hydrogens is 692 g/mol. The van der Waals surface area contributed by atoms with Crippen LogP contribution in [0.15, 0.2) is 0 Å². The van der Waals surface area contributed by atoms with Gasteiger partial charge in [0, 0.05) is 13.0 Å². The number of rotatable bonds is 36. The lowest BCUT2D eigenvalue weighted by molar-refractivity contribution is -0.301. The van der Waals surface area contributed by atoms with Gasteiger partial charge in [-0.3, -0.25) is 9.35 Å². The highest BCUT2D eigenvalue weighted by molar-refractivity contribution is 7.80. The molecule has 12 nitrogen and oxygen atoms in total. The van der Waals surface area contributed by atoms with E-state index in [1.165, 1.54) is 116 Å². The largest absolute Gasteiger partial charge is 0.457 e. The van der Waals surface area contributed by atoms with Crippen LogP contribution in [0.2, 0.25) is 0 Å². The molecule has 1 saturated heterocycles. The fraction of sp³-hybridized carbons (Fsp3) is 0.974. The van der Waals surface area contributed by atoms with Crippen LogP contribution in [-0.2, 0) is 38.3 Å². The number of aliphatic hydroxyl groups excluding tert-OH is 3. The lowest BCUT2D eigenvalue weighted by Gasteiger charge is -2.41. The number of hydrogen-bond acceptors (Lipinski definition) is 11. The Morgan fingerprint density at radius 3 is 1.54 bits per heavy atom. The van der Waals surface area contributed by atoms with Gasteiger partial charge in [-0.2, -0.15) is 8.42 Å². The number of aliphatic hydroxyl groups is 3. The van der Waals surface area contributed by atoms with Crippen LogP contribution >= 0.6 is 0 Å². The van der Waals surface area contributed by atoms with Gasteiger partial charge < -0.3 is 34.3 Å². The molecule has 1 heterocycles. The van der Waals surface area contributed by atoms with E-state index >= 15 is 0 Å². The maximum atomic E-state index is 12.8. The molecule has 0 spiro atoms. The Morgan fingerprint density at radius 2 is 1.10 bits per heavy atom. The van der Waals surface area contributed by atoms with E-state index in [0.717, 1.165) is 38.5 Å². The molecule has 0 aliphatic carbocycles. The van der Waals surface area contributed by atoms with Crippen molar-refractivity contribution in [2.75, 3.05) is 26.4 Å². The van der Waals surface area contributed by atoms with Gasteiger partial charge in [-0.15, -0.1) is 0 Å². The predicted octanol–water partition coefficient (Wildman–Crippen LogP) is 7.74. The van der Waals surface area contributed by atoms with Crippen LogP contribution < -0.4 is 0 Å². The first-order valence-corrected chi connectivity index (χ1v) is 22.2. The van der Waals surface area contributed by atoms with Crippen molar-refractivity contribution in [2.45, 2.75) is 218 Å². The number of hydrogen-bond donors (Lipinski definition) is 4. The third-order valence-electron chi connectivity index (χ3n) is 9.73. The zero-order valence-corrected chi connectivity index (χ0v) is 33.5. The Labute approximate surface area is 316 Å². The van der Waals surface area contributed by atoms with Crippen LogP contribution in [0.5, 0.6) is 0 Å². The summed E-state index contributed by atoms with van der Waals surface area (Å²) in [5, 5.41) is 30.5. The highest BCUT2D eigenvalue weighted by atomic mass is 32.3. The number of ether oxygens (including phenoxy) is 4. The van der Waals surface area contributed by atoms with Gasteiger partial charge in [0.25, 0.3) is 0 Å². The van der Waals surface area contributed by atoms with Gasteiger partial charge in [0.05, 0.1) is 19.8 Å². The van der Waals surface area contributed by atoms with Crippen LogP contribution in [0.4, 0.5) is 0 Å². The fourth-order valence-corrected chi connectivity index (χ4v) is 7.06. The molecule has 4 N–H and O–H groups in total. The summed E-state index contributed by atoms with van der Waals surface area (Å²) < 4.78 is 58.7. The normalized spacial score (nSPS) is 21.4. The Kier molecular flexibility index (Phi) is 30.6. The number of esters is 1. The van der Waals surface area contributed by atoms with Crippen LogP contribution in [-0.4, -0.2) is 97.5 Å². The molecule has 6 atom stereocenters. The minimum atomic E-state index is -5.05. The first-order valence-electron chi connectivity index (χ1n) is 20.8. The molecule has 0 aromatic heterocycles. The minimum Gasteiger partial charge on any atom is -0.457 e. The highest BCUT2D eigenvalue weighted by Gasteiger charge is 2.48. The van der Waals surface area contributed by atoms with E-state index in [4.69, 9.17) is 23.5 Å². The maximum absolute atomic E-state index is 12.8. The zero-order chi connectivity index (χ0) is 38.3. The molecule has 6 unspecified atom stereocenters. The summed E-state index contributed by atoms with van der Waals surface area (Å²) in [4.78, 5) is 12.8. The number of carbonyl (C=O) groups is 1. The smallest absolute Gasteiger partial charge is 0.397 e. The third kappa shape index (κ3) is 26.0. The summed E-state index contributed by atoms with van der Waals surface area (Å²) >= 11 is 0. The van der Waals surface area contributed by atoms with E-state index < -0.39 is 59.8 Å². The van der Waals surface area contributed by atoms with E-state index in [-0.39, 0.29) is 19.6 Å². The van der Waals surface area contributed by atoms with Crippen molar-refractivity contribution >= 4 is 16.4 Å². The molecule has 52 heavy (non-hydrogen) atoms. The zero-order valence-electron chi connectivity index (χ0n) is 32.6. The van der Waals surface area contributed by atoms with Gasteiger partial charge >= 0.3 is 16.4 Å². The fourth-order valence-electron chi connectivity index (χ4n) is 6.56. The van der Waals surface area contributed by atoms with Crippen LogP contribution in [0.3, 0.4) is 0 Å². The third-order valence-corrected chi connectivity index (χ3v) is 10.2. The Balaban J connectivity index is 2.37. The van der Waals surface area contributed by atoms with Gasteiger partial charge in [0.2, 0.25) is 0 Å². The molecule has 1 rings (SSSR count). The Hall–Kier alpha value is -0.900. The average molecular weight is 769 g/mol. The highest BCUT2D eigenvalue weighted by Crippen LogP contribution is 2.26. The summed E-state index contributed by atoms with van der Waals surface area (Å²) in [6, 6.07) is 0. The molecule has 1 fully saturated rings. The second-order valence-corrected chi connectivity index (χ2v) is 15.6. The van der Waals surface area contributed by atoms with Crippen molar-refractivity contribution in [3.05, 3.63) is 0 Å². The van der Waals surface area contributed by atoms with Crippen LogP contribution in [0, 0.1) is 0 Å². The molecule has 0 aromatic rings. The Morgan fingerprint density at radius 1 is 0.654 bits per heavy atom. The summed E-state index contributed by atoms with van der Waals surface area (Å²) in [6.07, 6.45) is 21.6. The average Bonchev–Trinajstić information content (AvgIpc) is 3.11. The summed E-state index contributed by atoms with van der Waals surface area (Å²) in [7, 11) is -5.05. The molecule has 1 aliphatic heterocycles. The molecule has 0 bridgehead atoms. The van der Waals surface area contributed by atoms with Gasteiger partial charge in [0.15, 0.2) is 6.29 Å². The van der Waals surface area contributed by atoms with Gasteiger partial charge in [-0.05, 0) is 12.8 Å². The standard InChI is InChI=1S/C39H76O12S/c1-3-5-7-9-11-12-13-14-15-16-17-18-19-20-21-22-24-26-28-35(41)49-33(31-47-29-27-25-23-10-8-6-4-2)32-48-39-37(43)38(51-52(44,45)46)36(42)34(30-40)50-39/h33-34,36-40,42-43H,3-32H2,1-2H3,(H,44,45,46). The van der Waals surface area contributed by atoms with E-state index in [9.17, 15) is 28.5 Å². The van der Waals surface area contributed by atoms with Gasteiger partial charge in [-0.25, -0.2) is 4.18 Å². The second kappa shape index (κ2) is 32.4. The molecule has 0 amide bonds. The maximum Gasteiger partial charge on any atom is 0.397 e. The molecule has 13 heteroatoms. The van der Waals surface area contributed by atoms with E-state index in [2.05, 4.69) is 18.0 Å².